The van der Waals surface area contributed by atoms with Crippen LogP contribution in [0, 0.1) is 0 Å². The molecule has 1 amide bonds. The van der Waals surface area contributed by atoms with Crippen molar-refractivity contribution in [3.05, 3.63) is 0 Å². The Hall–Kier alpha value is -0.0800. The van der Waals surface area contributed by atoms with Crippen molar-refractivity contribution >= 4 is 5.91 Å². The lowest BCUT2D eigenvalue weighted by atomic mass is 10.1. The van der Waals surface area contributed by atoms with E-state index >= 15 is 0 Å². The standard InChI is InChI=1S/C15H32NO.ClH/c1-5-6-7-8-9-10-11-12-13-14-15(17)16(2,3)4;/h5-14H2,1-4H3;1H/q+1;/p-1. The number of quaternary nitrogens is 1. The topological polar surface area (TPSA) is 17.1 Å². The highest BCUT2D eigenvalue weighted by molar-refractivity contribution is 5.68. The van der Waals surface area contributed by atoms with Crippen LogP contribution in [0.25, 0.3) is 0 Å². The molecule has 0 spiro atoms. The highest BCUT2D eigenvalue weighted by atomic mass is 35.5. The Morgan fingerprint density at radius 2 is 1.17 bits per heavy atom. The number of nitrogens with zero attached hydrogens (tertiary/aromatic N) is 1. The summed E-state index contributed by atoms with van der Waals surface area (Å²) in [6.07, 6.45) is 12.6. The minimum atomic E-state index is 0. The average molecular weight is 278 g/mol. The Labute approximate surface area is 120 Å². The molecule has 0 saturated carbocycles. The fourth-order valence-corrected chi connectivity index (χ4v) is 1.92. The Balaban J connectivity index is 0. The Morgan fingerprint density at radius 1 is 0.778 bits per heavy atom. The van der Waals surface area contributed by atoms with Gasteiger partial charge in [-0.15, -0.1) is 0 Å². The number of hydrogen-bond acceptors (Lipinski definition) is 1. The second-order valence-electron chi connectivity index (χ2n) is 5.98. The molecule has 0 saturated heterocycles. The summed E-state index contributed by atoms with van der Waals surface area (Å²) in [7, 11) is 5.86. The maximum atomic E-state index is 11.6. The first-order chi connectivity index (χ1) is 7.98. The fourth-order valence-electron chi connectivity index (χ4n) is 1.92. The summed E-state index contributed by atoms with van der Waals surface area (Å²) in [4.78, 5) is 11.6. The van der Waals surface area contributed by atoms with Gasteiger partial charge in [0, 0.05) is 0 Å². The molecule has 2 nitrogen and oxygen atoms in total. The number of hydrogen-bond donors (Lipinski definition) is 0. The number of unbranched alkanes of at least 4 members (excludes halogenated alkanes) is 8. The predicted molar refractivity (Wildman–Crippen MR) is 74.9 cm³/mol. The van der Waals surface area contributed by atoms with Gasteiger partial charge in [-0.1, -0.05) is 58.3 Å². The quantitative estimate of drug-likeness (QED) is 0.432. The summed E-state index contributed by atoms with van der Waals surface area (Å²) in [6, 6.07) is 0. The van der Waals surface area contributed by atoms with Crippen molar-refractivity contribution in [2.24, 2.45) is 0 Å². The molecule has 110 valence electrons. The van der Waals surface area contributed by atoms with Crippen LogP contribution in [0.1, 0.15) is 71.1 Å². The molecule has 0 bridgehead atoms. The second kappa shape index (κ2) is 12.0. The van der Waals surface area contributed by atoms with Gasteiger partial charge in [0.2, 0.25) is 0 Å². The smallest absolute Gasteiger partial charge is 0.313 e. The monoisotopic (exact) mass is 277 g/mol. The van der Waals surface area contributed by atoms with Gasteiger partial charge < -0.3 is 12.4 Å². The molecule has 0 aromatic rings. The lowest BCUT2D eigenvalue weighted by Gasteiger charge is -2.20. The molecule has 0 aliphatic carbocycles. The van der Waals surface area contributed by atoms with E-state index in [4.69, 9.17) is 0 Å². The van der Waals surface area contributed by atoms with Crippen LogP contribution < -0.4 is 12.4 Å². The molecule has 0 aromatic heterocycles. The van der Waals surface area contributed by atoms with E-state index in [9.17, 15) is 4.79 Å². The number of rotatable bonds is 10. The first kappa shape index (κ1) is 20.2. The molecule has 0 heterocycles. The highest BCUT2D eigenvalue weighted by Gasteiger charge is 2.18. The molecular weight excluding hydrogens is 246 g/mol. The minimum Gasteiger partial charge on any atom is -1.00 e. The first-order valence-electron chi connectivity index (χ1n) is 7.33. The molecule has 0 aliphatic rings. The van der Waals surface area contributed by atoms with Crippen LogP contribution in [0.4, 0.5) is 0 Å². The van der Waals surface area contributed by atoms with Crippen molar-refractivity contribution in [1.29, 1.82) is 0 Å². The highest BCUT2D eigenvalue weighted by Crippen LogP contribution is 2.11. The lowest BCUT2D eigenvalue weighted by molar-refractivity contribution is -0.792. The molecule has 0 aliphatic heterocycles. The van der Waals surface area contributed by atoms with Crippen LogP contribution >= 0.6 is 0 Å². The van der Waals surface area contributed by atoms with Gasteiger partial charge >= 0.3 is 5.91 Å². The van der Waals surface area contributed by atoms with E-state index in [1.165, 1.54) is 51.4 Å². The molecule has 0 aromatic carbocycles. The summed E-state index contributed by atoms with van der Waals surface area (Å²) in [5.41, 5.74) is 0. The number of halogens is 1. The van der Waals surface area contributed by atoms with Crippen molar-refractivity contribution in [3.63, 3.8) is 0 Å². The molecular formula is C15H32ClNO. The van der Waals surface area contributed by atoms with Crippen molar-refractivity contribution in [2.45, 2.75) is 71.1 Å². The van der Waals surface area contributed by atoms with E-state index in [2.05, 4.69) is 6.92 Å². The molecule has 0 N–H and O–H groups in total. The zero-order valence-corrected chi connectivity index (χ0v) is 13.6. The van der Waals surface area contributed by atoms with Gasteiger partial charge in [-0.25, -0.2) is 4.79 Å². The third kappa shape index (κ3) is 12.4. The van der Waals surface area contributed by atoms with E-state index < -0.39 is 0 Å². The van der Waals surface area contributed by atoms with Crippen LogP contribution in [-0.2, 0) is 4.79 Å². The lowest BCUT2D eigenvalue weighted by Crippen LogP contribution is -3.00. The third-order valence-electron chi connectivity index (χ3n) is 3.24. The van der Waals surface area contributed by atoms with Gasteiger partial charge in [0.15, 0.2) is 0 Å². The molecule has 0 rings (SSSR count). The largest absolute Gasteiger partial charge is 1.00 e. The molecule has 0 fully saturated rings. The Bertz CT molecular complexity index is 199. The van der Waals surface area contributed by atoms with Crippen LogP contribution in [-0.4, -0.2) is 31.5 Å². The van der Waals surface area contributed by atoms with Gasteiger partial charge in [0.1, 0.15) is 0 Å². The SMILES string of the molecule is CCCCCCCCCCCC(=O)[N+](C)(C)C.[Cl-]. The van der Waals surface area contributed by atoms with E-state index in [1.807, 2.05) is 21.1 Å². The summed E-state index contributed by atoms with van der Waals surface area (Å²) in [5, 5.41) is 0. The van der Waals surface area contributed by atoms with Gasteiger partial charge in [-0.3, -0.25) is 4.48 Å². The van der Waals surface area contributed by atoms with Crippen LogP contribution in [0.5, 0.6) is 0 Å². The third-order valence-corrected chi connectivity index (χ3v) is 3.24. The van der Waals surface area contributed by atoms with Crippen molar-refractivity contribution in [2.75, 3.05) is 21.1 Å². The molecule has 3 heteroatoms. The zero-order chi connectivity index (χ0) is 13.1. The summed E-state index contributed by atoms with van der Waals surface area (Å²) in [5.74, 6) is 0.355. The van der Waals surface area contributed by atoms with Crippen LogP contribution in [0.15, 0.2) is 0 Å². The zero-order valence-electron chi connectivity index (χ0n) is 12.8. The van der Waals surface area contributed by atoms with Crippen molar-refractivity contribution in [1.82, 2.24) is 0 Å². The van der Waals surface area contributed by atoms with Gasteiger partial charge in [0.25, 0.3) is 0 Å². The summed E-state index contributed by atoms with van der Waals surface area (Å²) >= 11 is 0. The van der Waals surface area contributed by atoms with Crippen LogP contribution in [0.3, 0.4) is 0 Å². The predicted octanol–water partition coefficient (Wildman–Crippen LogP) is 1.14. The van der Waals surface area contributed by atoms with Gasteiger partial charge in [0.05, 0.1) is 27.6 Å². The van der Waals surface area contributed by atoms with E-state index in [0.29, 0.717) is 10.4 Å². The Morgan fingerprint density at radius 3 is 1.56 bits per heavy atom. The van der Waals surface area contributed by atoms with E-state index in [0.717, 1.165) is 12.8 Å². The normalized spacial score (nSPS) is 11.1. The summed E-state index contributed by atoms with van der Waals surface area (Å²) in [6.45, 7) is 2.25. The molecule has 0 atom stereocenters. The minimum absolute atomic E-state index is 0. The Kier molecular flexibility index (Phi) is 13.5. The maximum absolute atomic E-state index is 11.6. The summed E-state index contributed by atoms with van der Waals surface area (Å²) < 4.78 is 0.469. The van der Waals surface area contributed by atoms with Crippen LogP contribution in [0.2, 0.25) is 0 Å². The molecule has 18 heavy (non-hydrogen) atoms. The van der Waals surface area contributed by atoms with Crippen molar-refractivity contribution < 1.29 is 21.7 Å². The van der Waals surface area contributed by atoms with Gasteiger partial charge in [-0.05, 0) is 6.42 Å². The molecule has 0 unspecified atom stereocenters. The van der Waals surface area contributed by atoms with E-state index in [-0.39, 0.29) is 12.4 Å². The molecule has 0 radical (unpaired) electrons. The second-order valence-corrected chi connectivity index (χ2v) is 5.98. The average Bonchev–Trinajstić information content (AvgIpc) is 2.25. The maximum Gasteiger partial charge on any atom is 0.313 e. The van der Waals surface area contributed by atoms with E-state index in [1.54, 1.807) is 0 Å². The number of amides is 1. The number of carbonyl (C=O) groups is 1. The van der Waals surface area contributed by atoms with Gasteiger partial charge in [-0.2, -0.15) is 0 Å². The fraction of sp³-hybridized carbons (Fsp3) is 0.933. The first-order valence-corrected chi connectivity index (χ1v) is 7.33. The van der Waals surface area contributed by atoms with Crippen molar-refractivity contribution in [3.8, 4) is 0 Å². The number of carbonyl (C=O) groups excluding carboxylic acids is 1.